The lowest BCUT2D eigenvalue weighted by atomic mass is 9.53. The lowest BCUT2D eigenvalue weighted by Gasteiger charge is -2.53. The largest absolute Gasteiger partial charge is 0.389 e. The third-order valence-electron chi connectivity index (χ3n) is 8.85. The first-order valence-electron chi connectivity index (χ1n) is 11.7. The van der Waals surface area contributed by atoms with Gasteiger partial charge in [0.25, 0.3) is 0 Å². The summed E-state index contributed by atoms with van der Waals surface area (Å²) in [5.41, 5.74) is 4.22. The highest BCUT2D eigenvalue weighted by Gasteiger charge is 2.61. The Bertz CT molecular complexity index is 1130. The highest BCUT2D eigenvalue weighted by Crippen LogP contribution is 2.64. The Labute approximate surface area is 191 Å². The van der Waals surface area contributed by atoms with Gasteiger partial charge in [-0.1, -0.05) is 42.8 Å². The molecular weight excluding hydrogens is 422 g/mol. The normalized spacial score (nSPS) is 33.8. The van der Waals surface area contributed by atoms with Crippen LogP contribution in [0.4, 0.5) is 0 Å². The van der Waals surface area contributed by atoms with Gasteiger partial charge in [-0.3, -0.25) is 0 Å². The number of benzene rings is 2. The highest BCUT2D eigenvalue weighted by molar-refractivity contribution is 7.84. The van der Waals surface area contributed by atoms with Gasteiger partial charge in [0, 0.05) is 6.42 Å². The Morgan fingerprint density at radius 1 is 1.09 bits per heavy atom. The molecule has 5 atom stereocenters. The molecule has 0 bridgehead atoms. The summed E-state index contributed by atoms with van der Waals surface area (Å²) in [5, 5.41) is 17.0. The van der Waals surface area contributed by atoms with Crippen molar-refractivity contribution in [1.82, 2.24) is 0 Å². The van der Waals surface area contributed by atoms with Crippen LogP contribution in [0.3, 0.4) is 0 Å². The first-order chi connectivity index (χ1) is 15.1. The van der Waals surface area contributed by atoms with Crippen molar-refractivity contribution in [2.45, 2.75) is 70.3 Å². The molecule has 2 fully saturated rings. The van der Waals surface area contributed by atoms with E-state index in [2.05, 4.69) is 38.1 Å². The first-order valence-corrected chi connectivity index (χ1v) is 13.2. The number of hydrogen-bond donors (Lipinski definition) is 2. The van der Waals surface area contributed by atoms with Gasteiger partial charge in [0.05, 0.1) is 5.60 Å². The van der Waals surface area contributed by atoms with Crippen LogP contribution in [0.15, 0.2) is 42.5 Å². The molecule has 3 aliphatic carbocycles. The number of hydrogen-bond acceptors (Lipinski definition) is 4. The molecule has 0 spiro atoms. The number of nitrogens with two attached hydrogens (primary N) is 1. The summed E-state index contributed by atoms with van der Waals surface area (Å²) in [4.78, 5) is 0. The van der Waals surface area contributed by atoms with Crippen molar-refractivity contribution >= 4 is 10.3 Å². The van der Waals surface area contributed by atoms with Gasteiger partial charge in [0.1, 0.15) is 5.75 Å². The molecule has 3 N–H and O–H groups in total. The molecule has 2 aromatic carbocycles. The van der Waals surface area contributed by atoms with Crippen LogP contribution in [0.5, 0.6) is 5.75 Å². The van der Waals surface area contributed by atoms with E-state index < -0.39 is 15.9 Å². The Kier molecular flexibility index (Phi) is 5.19. The summed E-state index contributed by atoms with van der Waals surface area (Å²) < 4.78 is 27.5. The number of fused-ring (bicyclic) bond motifs is 5. The van der Waals surface area contributed by atoms with Gasteiger partial charge < -0.3 is 9.29 Å². The summed E-state index contributed by atoms with van der Waals surface area (Å²) in [6.45, 7) is 4.42. The molecule has 0 aromatic heterocycles. The number of aryl methyl sites for hydroxylation is 2. The van der Waals surface area contributed by atoms with Crippen molar-refractivity contribution in [3.8, 4) is 5.75 Å². The van der Waals surface area contributed by atoms with Crippen molar-refractivity contribution in [1.29, 1.82) is 0 Å². The van der Waals surface area contributed by atoms with E-state index in [0.717, 1.165) is 44.9 Å². The van der Waals surface area contributed by atoms with E-state index >= 15 is 0 Å². The quantitative estimate of drug-likeness (QED) is 0.715. The Balaban J connectivity index is 1.39. The van der Waals surface area contributed by atoms with Crippen LogP contribution in [0.1, 0.15) is 67.2 Å². The van der Waals surface area contributed by atoms with Gasteiger partial charge in [-0.2, -0.15) is 13.6 Å². The fraction of sp³-hybridized carbons (Fsp3) is 0.538. The lowest BCUT2D eigenvalue weighted by Crippen LogP contribution is -2.51. The zero-order valence-electron chi connectivity index (χ0n) is 18.9. The Morgan fingerprint density at radius 2 is 1.84 bits per heavy atom. The van der Waals surface area contributed by atoms with Gasteiger partial charge in [0.2, 0.25) is 0 Å². The van der Waals surface area contributed by atoms with Crippen LogP contribution in [0.25, 0.3) is 0 Å². The number of aliphatic hydroxyl groups is 1. The predicted molar refractivity (Wildman–Crippen MR) is 125 cm³/mol. The van der Waals surface area contributed by atoms with Gasteiger partial charge in [-0.25, -0.2) is 0 Å². The Hall–Kier alpha value is -1.89. The SMILES string of the molecule is Cc1ccc(C[C@]2(O)CC[C@H]3[C@@H]4CCc5cc(OS(N)(=O)=O)ccc5[C@H]4CC[C@@]32C)cc1. The molecule has 3 aliphatic rings. The molecule has 32 heavy (non-hydrogen) atoms. The monoisotopic (exact) mass is 455 g/mol. The first kappa shape index (κ1) is 21.9. The summed E-state index contributed by atoms with van der Waals surface area (Å²) in [5.74, 6) is 1.81. The van der Waals surface area contributed by atoms with Crippen LogP contribution in [0.2, 0.25) is 0 Å². The molecular formula is C26H33NO4S. The van der Waals surface area contributed by atoms with E-state index in [1.54, 1.807) is 6.07 Å². The second kappa shape index (κ2) is 7.57. The van der Waals surface area contributed by atoms with E-state index in [1.165, 1.54) is 22.3 Å². The molecule has 0 heterocycles. The topological polar surface area (TPSA) is 89.6 Å². The maximum absolute atomic E-state index is 11.9. The smallest absolute Gasteiger partial charge is 0.380 e. The van der Waals surface area contributed by atoms with E-state index in [-0.39, 0.29) is 5.41 Å². The molecule has 5 nitrogen and oxygen atoms in total. The molecule has 0 amide bonds. The van der Waals surface area contributed by atoms with Crippen LogP contribution in [0, 0.1) is 24.2 Å². The van der Waals surface area contributed by atoms with Gasteiger partial charge in [-0.05, 0) is 97.4 Å². The second-order valence-corrected chi connectivity index (χ2v) is 11.7. The van der Waals surface area contributed by atoms with Crippen LogP contribution >= 0.6 is 0 Å². The fourth-order valence-electron chi connectivity index (χ4n) is 7.19. The van der Waals surface area contributed by atoms with Crippen molar-refractivity contribution in [2.24, 2.45) is 22.4 Å². The van der Waals surface area contributed by atoms with Crippen molar-refractivity contribution in [3.63, 3.8) is 0 Å². The average molecular weight is 456 g/mol. The minimum absolute atomic E-state index is 0.0762. The van der Waals surface area contributed by atoms with E-state index in [1.807, 2.05) is 12.1 Å². The van der Waals surface area contributed by atoms with Crippen molar-refractivity contribution in [2.75, 3.05) is 0 Å². The summed E-state index contributed by atoms with van der Waals surface area (Å²) in [7, 11) is -4.02. The van der Waals surface area contributed by atoms with E-state index in [4.69, 9.17) is 9.32 Å². The highest BCUT2D eigenvalue weighted by atomic mass is 32.2. The summed E-state index contributed by atoms with van der Waals surface area (Å²) >= 11 is 0. The molecule has 5 rings (SSSR count). The van der Waals surface area contributed by atoms with Crippen molar-refractivity contribution in [3.05, 3.63) is 64.7 Å². The van der Waals surface area contributed by atoms with Gasteiger partial charge in [0.15, 0.2) is 0 Å². The molecule has 0 aliphatic heterocycles. The molecule has 2 aromatic rings. The van der Waals surface area contributed by atoms with Crippen LogP contribution < -0.4 is 9.32 Å². The van der Waals surface area contributed by atoms with Crippen molar-refractivity contribution < 1.29 is 17.7 Å². The predicted octanol–water partition coefficient (Wildman–Crippen LogP) is 4.41. The maximum atomic E-state index is 11.9. The number of rotatable bonds is 4. The minimum Gasteiger partial charge on any atom is -0.389 e. The molecule has 6 heteroatoms. The zero-order chi connectivity index (χ0) is 22.7. The van der Waals surface area contributed by atoms with Crippen LogP contribution in [-0.2, 0) is 23.1 Å². The maximum Gasteiger partial charge on any atom is 0.380 e. The average Bonchev–Trinajstić information content (AvgIpc) is 2.99. The van der Waals surface area contributed by atoms with E-state index in [0.29, 0.717) is 23.5 Å². The minimum atomic E-state index is -4.02. The fourth-order valence-corrected chi connectivity index (χ4v) is 7.56. The molecule has 172 valence electrons. The molecule has 0 radical (unpaired) electrons. The Morgan fingerprint density at radius 3 is 2.56 bits per heavy atom. The standard InChI is InChI=1S/C26H33NO4S/c1-17-3-5-18(6-4-17)16-26(28)14-12-24-23-9-7-19-15-20(31-32(27,29)30)8-10-21(19)22(23)11-13-25(24,26)2/h3-6,8,10,15,22-24,28H,7,9,11-14,16H2,1-2H3,(H2,27,29,30)/t22-,23-,24+,25+,26-/m1/s1. The van der Waals surface area contributed by atoms with E-state index in [9.17, 15) is 13.5 Å². The zero-order valence-corrected chi connectivity index (χ0v) is 19.7. The molecule has 0 saturated heterocycles. The van der Waals surface area contributed by atoms with Gasteiger partial charge in [-0.15, -0.1) is 0 Å². The molecule has 2 saturated carbocycles. The third kappa shape index (κ3) is 3.66. The summed E-state index contributed by atoms with van der Waals surface area (Å²) in [6.07, 6.45) is 6.69. The summed E-state index contributed by atoms with van der Waals surface area (Å²) in [6, 6.07) is 14.2. The third-order valence-corrected chi connectivity index (χ3v) is 9.27. The van der Waals surface area contributed by atoms with Crippen LogP contribution in [-0.4, -0.2) is 19.1 Å². The second-order valence-electron chi connectivity index (χ2n) is 10.5. The molecule has 0 unspecified atom stereocenters. The lowest BCUT2D eigenvalue weighted by molar-refractivity contribution is -0.102. The van der Waals surface area contributed by atoms with Gasteiger partial charge >= 0.3 is 10.3 Å².